The van der Waals surface area contributed by atoms with Crippen molar-refractivity contribution >= 4 is 11.8 Å². The molecule has 2 rings (SSSR count). The zero-order valence-corrected chi connectivity index (χ0v) is 16.2. The van der Waals surface area contributed by atoms with Crippen molar-refractivity contribution in [3.8, 4) is 5.75 Å². The maximum atomic E-state index is 11.7. The van der Waals surface area contributed by atoms with Gasteiger partial charge in [-0.3, -0.25) is 4.79 Å². The predicted molar refractivity (Wildman–Crippen MR) is 105 cm³/mol. The molecule has 0 amide bonds. The lowest BCUT2D eigenvalue weighted by Crippen LogP contribution is -2.35. The highest BCUT2D eigenvalue weighted by Crippen LogP contribution is 2.33. The van der Waals surface area contributed by atoms with Gasteiger partial charge in [-0.1, -0.05) is 57.0 Å². The van der Waals surface area contributed by atoms with Gasteiger partial charge in [0.15, 0.2) is 11.6 Å². The van der Waals surface area contributed by atoms with Crippen LogP contribution in [0.25, 0.3) is 0 Å². The summed E-state index contributed by atoms with van der Waals surface area (Å²) in [5.74, 6) is 1.14. The minimum absolute atomic E-state index is 0.193. The van der Waals surface area contributed by atoms with Crippen molar-refractivity contribution in [1.29, 1.82) is 0 Å². The Morgan fingerprint density at radius 3 is 2.62 bits per heavy atom. The fourth-order valence-electron chi connectivity index (χ4n) is 3.12. The van der Waals surface area contributed by atoms with Crippen molar-refractivity contribution in [3.05, 3.63) is 48.4 Å². The van der Waals surface area contributed by atoms with Crippen LogP contribution in [0.2, 0.25) is 0 Å². The second-order valence-electron chi connectivity index (χ2n) is 6.55. The molecule has 0 bridgehead atoms. The van der Waals surface area contributed by atoms with Gasteiger partial charge in [-0.25, -0.2) is 9.97 Å². The topological polar surface area (TPSA) is 55.3 Å². The molecular weight excluding hydrogens is 326 g/mol. The Balaban J connectivity index is 2.28. The summed E-state index contributed by atoms with van der Waals surface area (Å²) in [6, 6.07) is 10.8. The van der Waals surface area contributed by atoms with Gasteiger partial charge in [0.25, 0.3) is 0 Å². The molecule has 5 nitrogen and oxygen atoms in total. The summed E-state index contributed by atoms with van der Waals surface area (Å²) in [4.78, 5) is 22.2. The molecule has 0 saturated heterocycles. The highest BCUT2D eigenvalue weighted by Gasteiger charge is 2.25. The third kappa shape index (κ3) is 5.04. The number of unbranched alkanes of at least 4 members (excludes halogenated alkanes) is 1. The SMILES string of the molecule is CCCCC(c1ccccc1)C(C)N(C)c1ncncc1OC(=O)CC. The molecule has 140 valence electrons. The van der Waals surface area contributed by atoms with Gasteiger partial charge in [0, 0.05) is 25.4 Å². The van der Waals surface area contributed by atoms with E-state index in [0.29, 0.717) is 23.9 Å². The molecule has 0 radical (unpaired) electrons. The first-order chi connectivity index (χ1) is 12.6. The molecule has 1 heterocycles. The van der Waals surface area contributed by atoms with E-state index in [9.17, 15) is 4.79 Å². The van der Waals surface area contributed by atoms with Crippen LogP contribution in [0.1, 0.15) is 57.9 Å². The normalized spacial score (nSPS) is 13.1. The highest BCUT2D eigenvalue weighted by atomic mass is 16.5. The van der Waals surface area contributed by atoms with E-state index < -0.39 is 0 Å². The molecule has 2 unspecified atom stereocenters. The molecule has 26 heavy (non-hydrogen) atoms. The second-order valence-corrected chi connectivity index (χ2v) is 6.55. The number of benzene rings is 1. The molecule has 2 atom stereocenters. The van der Waals surface area contributed by atoms with Gasteiger partial charge in [0.1, 0.15) is 6.33 Å². The minimum atomic E-state index is -0.285. The Morgan fingerprint density at radius 1 is 1.23 bits per heavy atom. The molecule has 1 aromatic carbocycles. The van der Waals surface area contributed by atoms with Crippen LogP contribution in [0.4, 0.5) is 5.82 Å². The number of anilines is 1. The number of carbonyl (C=O) groups is 1. The summed E-state index contributed by atoms with van der Waals surface area (Å²) in [6.07, 6.45) is 6.79. The van der Waals surface area contributed by atoms with Gasteiger partial charge in [-0.2, -0.15) is 0 Å². The van der Waals surface area contributed by atoms with E-state index in [1.165, 1.54) is 18.3 Å². The van der Waals surface area contributed by atoms with E-state index in [-0.39, 0.29) is 12.0 Å². The Kier molecular flexibility index (Phi) is 7.57. The number of hydrogen-bond donors (Lipinski definition) is 0. The number of hydrogen-bond acceptors (Lipinski definition) is 5. The summed E-state index contributed by atoms with van der Waals surface area (Å²) in [7, 11) is 2.00. The van der Waals surface area contributed by atoms with Crippen molar-refractivity contribution in [3.63, 3.8) is 0 Å². The number of rotatable bonds is 9. The predicted octanol–water partition coefficient (Wildman–Crippen LogP) is 4.59. The van der Waals surface area contributed by atoms with Crippen LogP contribution in [-0.4, -0.2) is 29.0 Å². The number of aromatic nitrogens is 2. The molecule has 0 fully saturated rings. The van der Waals surface area contributed by atoms with E-state index >= 15 is 0 Å². The molecule has 0 saturated carbocycles. The smallest absolute Gasteiger partial charge is 0.311 e. The molecule has 0 aliphatic rings. The Bertz CT molecular complexity index is 691. The molecule has 0 spiro atoms. The Morgan fingerprint density at radius 2 is 1.96 bits per heavy atom. The van der Waals surface area contributed by atoms with Crippen molar-refractivity contribution in [2.75, 3.05) is 11.9 Å². The molecule has 0 aliphatic heterocycles. The largest absolute Gasteiger partial charge is 0.421 e. The van der Waals surface area contributed by atoms with Gasteiger partial charge < -0.3 is 9.64 Å². The van der Waals surface area contributed by atoms with E-state index in [2.05, 4.69) is 53.0 Å². The fourth-order valence-corrected chi connectivity index (χ4v) is 3.12. The standard InChI is InChI=1S/C21H29N3O2/c1-5-7-13-18(17-11-9-8-10-12-17)16(3)24(4)21-19(14-22-15-23-21)26-20(25)6-2/h8-12,14-16,18H,5-7,13H2,1-4H3. The van der Waals surface area contributed by atoms with Crippen molar-refractivity contribution in [2.45, 2.75) is 58.4 Å². The average molecular weight is 355 g/mol. The molecule has 0 N–H and O–H groups in total. The van der Waals surface area contributed by atoms with E-state index in [1.54, 1.807) is 13.1 Å². The second kappa shape index (κ2) is 9.90. The van der Waals surface area contributed by atoms with Crippen LogP contribution in [0.15, 0.2) is 42.9 Å². The third-order valence-corrected chi connectivity index (χ3v) is 4.80. The number of ether oxygens (including phenoxy) is 1. The molecular formula is C21H29N3O2. The first kappa shape index (κ1) is 19.9. The maximum Gasteiger partial charge on any atom is 0.311 e. The van der Waals surface area contributed by atoms with Crippen LogP contribution in [0.5, 0.6) is 5.75 Å². The average Bonchev–Trinajstić information content (AvgIpc) is 2.68. The van der Waals surface area contributed by atoms with E-state index in [1.807, 2.05) is 13.1 Å². The van der Waals surface area contributed by atoms with Gasteiger partial charge >= 0.3 is 5.97 Å². The van der Waals surface area contributed by atoms with Gasteiger partial charge in [-0.05, 0) is 18.9 Å². The summed E-state index contributed by atoms with van der Waals surface area (Å²) >= 11 is 0. The van der Waals surface area contributed by atoms with E-state index in [0.717, 1.165) is 12.8 Å². The van der Waals surface area contributed by atoms with Gasteiger partial charge in [0.05, 0.1) is 6.20 Å². The number of esters is 1. The summed E-state index contributed by atoms with van der Waals surface area (Å²) < 4.78 is 5.43. The lowest BCUT2D eigenvalue weighted by atomic mass is 9.87. The molecule has 0 aliphatic carbocycles. The zero-order chi connectivity index (χ0) is 18.9. The molecule has 1 aromatic heterocycles. The summed E-state index contributed by atoms with van der Waals surface area (Å²) in [5, 5.41) is 0. The Labute approximate surface area is 156 Å². The van der Waals surface area contributed by atoms with Crippen molar-refractivity contribution < 1.29 is 9.53 Å². The summed E-state index contributed by atoms with van der Waals surface area (Å²) in [5.41, 5.74) is 1.32. The van der Waals surface area contributed by atoms with Crippen molar-refractivity contribution in [1.82, 2.24) is 9.97 Å². The number of carbonyl (C=O) groups excluding carboxylic acids is 1. The minimum Gasteiger partial charge on any atom is -0.421 e. The van der Waals surface area contributed by atoms with Crippen LogP contribution in [0.3, 0.4) is 0 Å². The van der Waals surface area contributed by atoms with Crippen LogP contribution in [-0.2, 0) is 4.79 Å². The third-order valence-electron chi connectivity index (χ3n) is 4.80. The first-order valence-corrected chi connectivity index (χ1v) is 9.36. The van der Waals surface area contributed by atoms with Crippen LogP contribution < -0.4 is 9.64 Å². The van der Waals surface area contributed by atoms with Gasteiger partial charge in [-0.15, -0.1) is 0 Å². The van der Waals surface area contributed by atoms with E-state index in [4.69, 9.17) is 4.74 Å². The zero-order valence-electron chi connectivity index (χ0n) is 16.2. The fraction of sp³-hybridized carbons (Fsp3) is 0.476. The molecule has 2 aromatic rings. The highest BCUT2D eigenvalue weighted by molar-refractivity contribution is 5.73. The van der Waals surface area contributed by atoms with Crippen LogP contribution >= 0.6 is 0 Å². The lowest BCUT2D eigenvalue weighted by Gasteiger charge is -2.33. The maximum absolute atomic E-state index is 11.7. The monoisotopic (exact) mass is 355 g/mol. The molecule has 5 heteroatoms. The summed E-state index contributed by atoms with van der Waals surface area (Å²) in [6.45, 7) is 6.18. The van der Waals surface area contributed by atoms with Crippen LogP contribution in [0, 0.1) is 0 Å². The van der Waals surface area contributed by atoms with Crippen molar-refractivity contribution in [2.24, 2.45) is 0 Å². The Hall–Kier alpha value is -2.43. The first-order valence-electron chi connectivity index (χ1n) is 9.36. The quantitative estimate of drug-likeness (QED) is 0.616. The van der Waals surface area contributed by atoms with Gasteiger partial charge in [0.2, 0.25) is 0 Å². The lowest BCUT2D eigenvalue weighted by molar-refractivity contribution is -0.134. The number of nitrogens with zero attached hydrogens (tertiary/aromatic N) is 3. The number of likely N-dealkylation sites (N-methyl/N-ethyl adjacent to an activating group) is 1.